The van der Waals surface area contributed by atoms with E-state index in [2.05, 4.69) is 20.7 Å². The van der Waals surface area contributed by atoms with Gasteiger partial charge < -0.3 is 11.1 Å². The highest BCUT2D eigenvalue weighted by atomic mass is 19.1. The number of carbonyl (C=O) groups is 2. The van der Waals surface area contributed by atoms with Crippen molar-refractivity contribution in [2.75, 3.05) is 5.32 Å². The van der Waals surface area contributed by atoms with E-state index in [1.54, 1.807) is 0 Å². The van der Waals surface area contributed by atoms with Gasteiger partial charge in [-0.25, -0.2) is 8.78 Å². The predicted octanol–water partition coefficient (Wildman–Crippen LogP) is 0.434. The maximum Gasteiger partial charge on any atom is 0.277 e. The molecule has 0 aliphatic rings. The van der Waals surface area contributed by atoms with Gasteiger partial charge in [-0.05, 0) is 6.07 Å². The van der Waals surface area contributed by atoms with Crippen LogP contribution in [0.15, 0.2) is 18.3 Å². The number of H-pyrrole nitrogens is 1. The molecular weight excluding hydrogens is 260 g/mol. The molecule has 98 valence electrons. The van der Waals surface area contributed by atoms with Gasteiger partial charge in [-0.2, -0.15) is 15.4 Å². The molecular formula is C10H7F2N5O2. The number of carbonyl (C=O) groups excluding carboxylic acids is 2. The van der Waals surface area contributed by atoms with Crippen molar-refractivity contribution >= 4 is 17.5 Å². The molecule has 1 heterocycles. The number of halogens is 2. The number of nitrogens with one attached hydrogen (secondary N) is 2. The lowest BCUT2D eigenvalue weighted by molar-refractivity contribution is 0.0991. The van der Waals surface area contributed by atoms with Gasteiger partial charge in [0.15, 0.2) is 5.69 Å². The fourth-order valence-corrected chi connectivity index (χ4v) is 1.33. The van der Waals surface area contributed by atoms with Gasteiger partial charge in [-0.3, -0.25) is 9.59 Å². The Kier molecular flexibility index (Phi) is 3.19. The molecule has 0 fully saturated rings. The van der Waals surface area contributed by atoms with Crippen LogP contribution in [0.3, 0.4) is 0 Å². The summed E-state index contributed by atoms with van der Waals surface area (Å²) < 4.78 is 26.7. The smallest absolute Gasteiger partial charge is 0.277 e. The topological polar surface area (TPSA) is 114 Å². The number of rotatable bonds is 3. The molecule has 4 N–H and O–H groups in total. The van der Waals surface area contributed by atoms with Crippen LogP contribution in [0.2, 0.25) is 0 Å². The van der Waals surface area contributed by atoms with Crippen molar-refractivity contribution in [3.05, 3.63) is 41.2 Å². The van der Waals surface area contributed by atoms with Crippen LogP contribution < -0.4 is 11.1 Å². The first-order valence-electron chi connectivity index (χ1n) is 4.95. The number of aromatic amines is 1. The molecule has 0 aliphatic heterocycles. The lowest BCUT2D eigenvalue weighted by atomic mass is 10.1. The quantitative estimate of drug-likeness (QED) is 0.748. The summed E-state index contributed by atoms with van der Waals surface area (Å²) in [7, 11) is 0. The standard InChI is InChI=1S/C10H7F2N5O2/c11-5-2-6(12)7(1-4(5)9(13)18)15-10(19)8-3-14-17-16-8/h1-3H,(H2,13,18)(H,15,19)(H,14,16,17). The Hall–Kier alpha value is -2.84. The first-order chi connectivity index (χ1) is 8.99. The molecule has 0 unspecified atom stereocenters. The Balaban J connectivity index is 2.32. The van der Waals surface area contributed by atoms with Gasteiger partial charge in [0.2, 0.25) is 0 Å². The van der Waals surface area contributed by atoms with Gasteiger partial charge in [0.05, 0.1) is 17.4 Å². The Morgan fingerprint density at radius 2 is 2.00 bits per heavy atom. The summed E-state index contributed by atoms with van der Waals surface area (Å²) >= 11 is 0. The van der Waals surface area contributed by atoms with Crippen LogP contribution in [0.1, 0.15) is 20.8 Å². The Morgan fingerprint density at radius 1 is 1.26 bits per heavy atom. The average molecular weight is 267 g/mol. The van der Waals surface area contributed by atoms with Gasteiger partial charge >= 0.3 is 0 Å². The molecule has 0 aliphatic carbocycles. The fraction of sp³-hybridized carbons (Fsp3) is 0. The number of hydrogen-bond donors (Lipinski definition) is 3. The molecule has 0 saturated heterocycles. The first kappa shape index (κ1) is 12.6. The third kappa shape index (κ3) is 2.54. The van der Waals surface area contributed by atoms with Crippen molar-refractivity contribution in [2.24, 2.45) is 5.73 Å². The van der Waals surface area contributed by atoms with Gasteiger partial charge in [0.1, 0.15) is 11.6 Å². The average Bonchev–Trinajstić information content (AvgIpc) is 2.85. The minimum absolute atomic E-state index is 0.0932. The van der Waals surface area contributed by atoms with Crippen LogP contribution >= 0.6 is 0 Å². The molecule has 7 nitrogen and oxygen atoms in total. The Morgan fingerprint density at radius 3 is 2.58 bits per heavy atom. The number of nitrogens with two attached hydrogens (primary N) is 1. The molecule has 0 radical (unpaired) electrons. The van der Waals surface area contributed by atoms with E-state index in [1.165, 1.54) is 0 Å². The summed E-state index contributed by atoms with van der Waals surface area (Å²) in [4.78, 5) is 22.5. The lowest BCUT2D eigenvalue weighted by Gasteiger charge is -2.07. The second kappa shape index (κ2) is 4.80. The molecule has 2 rings (SSSR count). The van der Waals surface area contributed by atoms with Crippen molar-refractivity contribution < 1.29 is 18.4 Å². The second-order valence-corrected chi connectivity index (χ2v) is 3.49. The highest BCUT2D eigenvalue weighted by Gasteiger charge is 2.17. The van der Waals surface area contributed by atoms with Crippen molar-refractivity contribution in [3.8, 4) is 0 Å². The number of amides is 2. The van der Waals surface area contributed by atoms with Crippen LogP contribution in [-0.4, -0.2) is 27.2 Å². The van der Waals surface area contributed by atoms with Crippen molar-refractivity contribution in [2.45, 2.75) is 0 Å². The highest BCUT2D eigenvalue weighted by molar-refractivity contribution is 6.03. The molecule has 2 amide bonds. The SMILES string of the molecule is NC(=O)c1cc(NC(=O)c2cn[nH]n2)c(F)cc1F. The zero-order chi connectivity index (χ0) is 14.0. The number of primary amides is 1. The van der Waals surface area contributed by atoms with Gasteiger partial charge in [-0.15, -0.1) is 0 Å². The monoisotopic (exact) mass is 267 g/mol. The molecule has 0 atom stereocenters. The minimum atomic E-state index is -1.11. The van der Waals surface area contributed by atoms with Gasteiger partial charge in [-0.1, -0.05) is 0 Å². The number of anilines is 1. The minimum Gasteiger partial charge on any atom is -0.366 e. The molecule has 0 saturated carbocycles. The maximum absolute atomic E-state index is 13.4. The zero-order valence-corrected chi connectivity index (χ0v) is 9.28. The van der Waals surface area contributed by atoms with Crippen molar-refractivity contribution in [1.82, 2.24) is 15.4 Å². The summed E-state index contributed by atoms with van der Waals surface area (Å²) in [6, 6.07) is 1.27. The Labute approximate surface area is 104 Å². The fourth-order valence-electron chi connectivity index (χ4n) is 1.33. The molecule has 1 aromatic heterocycles. The van der Waals surface area contributed by atoms with Crippen LogP contribution in [0.25, 0.3) is 0 Å². The number of hydrogen-bond acceptors (Lipinski definition) is 4. The van der Waals surface area contributed by atoms with E-state index in [0.29, 0.717) is 6.07 Å². The van der Waals surface area contributed by atoms with Crippen molar-refractivity contribution in [1.29, 1.82) is 0 Å². The first-order valence-corrected chi connectivity index (χ1v) is 4.95. The van der Waals surface area contributed by atoms with E-state index >= 15 is 0 Å². The third-order valence-electron chi connectivity index (χ3n) is 2.22. The number of aromatic nitrogens is 3. The van der Waals surface area contributed by atoms with Crippen LogP contribution in [-0.2, 0) is 0 Å². The highest BCUT2D eigenvalue weighted by Crippen LogP contribution is 2.19. The molecule has 2 aromatic rings. The molecule has 0 bridgehead atoms. The van der Waals surface area contributed by atoms with E-state index < -0.39 is 29.0 Å². The number of benzene rings is 1. The second-order valence-electron chi connectivity index (χ2n) is 3.49. The van der Waals surface area contributed by atoms with E-state index in [-0.39, 0.29) is 11.4 Å². The number of nitrogens with zero attached hydrogens (tertiary/aromatic N) is 2. The van der Waals surface area contributed by atoms with Crippen LogP contribution in [0.5, 0.6) is 0 Å². The lowest BCUT2D eigenvalue weighted by Crippen LogP contribution is -2.17. The zero-order valence-electron chi connectivity index (χ0n) is 9.28. The summed E-state index contributed by atoms with van der Waals surface area (Å²) in [5.74, 6) is -3.99. The van der Waals surface area contributed by atoms with Crippen LogP contribution in [0.4, 0.5) is 14.5 Å². The van der Waals surface area contributed by atoms with E-state index in [4.69, 9.17) is 5.73 Å². The Bertz CT molecular complexity index is 642. The van der Waals surface area contributed by atoms with Gasteiger partial charge in [0.25, 0.3) is 11.8 Å². The maximum atomic E-state index is 13.4. The van der Waals surface area contributed by atoms with Crippen LogP contribution in [0, 0.1) is 11.6 Å². The summed E-state index contributed by atoms with van der Waals surface area (Å²) in [5.41, 5.74) is 3.91. The summed E-state index contributed by atoms with van der Waals surface area (Å²) in [5, 5.41) is 11.2. The van der Waals surface area contributed by atoms with E-state index in [1.807, 2.05) is 0 Å². The summed E-state index contributed by atoms with van der Waals surface area (Å²) in [6.45, 7) is 0. The van der Waals surface area contributed by atoms with E-state index in [9.17, 15) is 18.4 Å². The summed E-state index contributed by atoms with van der Waals surface area (Å²) in [6.07, 6.45) is 1.12. The third-order valence-corrected chi connectivity index (χ3v) is 2.22. The molecule has 9 heteroatoms. The van der Waals surface area contributed by atoms with Gasteiger partial charge in [0, 0.05) is 6.07 Å². The normalized spacial score (nSPS) is 10.2. The van der Waals surface area contributed by atoms with E-state index in [0.717, 1.165) is 12.3 Å². The largest absolute Gasteiger partial charge is 0.366 e. The molecule has 1 aromatic carbocycles. The predicted molar refractivity (Wildman–Crippen MR) is 59.2 cm³/mol. The van der Waals surface area contributed by atoms with Crippen molar-refractivity contribution in [3.63, 3.8) is 0 Å². The molecule has 19 heavy (non-hydrogen) atoms. The molecule has 0 spiro atoms.